The van der Waals surface area contributed by atoms with Crippen LogP contribution in [-0.4, -0.2) is 29.6 Å². The van der Waals surface area contributed by atoms with Gasteiger partial charge in [-0.1, -0.05) is 37.6 Å². The summed E-state index contributed by atoms with van der Waals surface area (Å²) in [7, 11) is 0. The van der Waals surface area contributed by atoms with E-state index in [1.54, 1.807) is 0 Å². The van der Waals surface area contributed by atoms with E-state index in [1.807, 2.05) is 19.1 Å². The normalized spacial score (nSPS) is 10.7. The highest BCUT2D eigenvalue weighted by atomic mass is 35.5. The van der Waals surface area contributed by atoms with Gasteiger partial charge in [0.1, 0.15) is 5.82 Å². The second-order valence-electron chi connectivity index (χ2n) is 5.98. The summed E-state index contributed by atoms with van der Waals surface area (Å²) >= 11 is 5.92. The van der Waals surface area contributed by atoms with Crippen molar-refractivity contribution in [3.05, 3.63) is 46.6 Å². The number of halogens is 1. The SMILES string of the molecule is CCCN(CCC)c1cc(C)nc(NCCc2ccc(Cl)cc2)n1. The molecule has 1 N–H and O–H groups in total. The smallest absolute Gasteiger partial charge is 0.224 e. The molecule has 0 fully saturated rings. The Kier molecular flexibility index (Phi) is 7.32. The van der Waals surface area contributed by atoms with Gasteiger partial charge in [-0.15, -0.1) is 0 Å². The van der Waals surface area contributed by atoms with E-state index in [9.17, 15) is 0 Å². The van der Waals surface area contributed by atoms with E-state index in [-0.39, 0.29) is 0 Å². The minimum absolute atomic E-state index is 0.705. The van der Waals surface area contributed by atoms with Crippen LogP contribution in [-0.2, 0) is 6.42 Å². The van der Waals surface area contributed by atoms with Gasteiger partial charge >= 0.3 is 0 Å². The van der Waals surface area contributed by atoms with Gasteiger partial charge in [0, 0.05) is 36.4 Å². The van der Waals surface area contributed by atoms with Crippen molar-refractivity contribution >= 4 is 23.4 Å². The molecule has 1 aromatic heterocycles. The van der Waals surface area contributed by atoms with Crippen molar-refractivity contribution in [2.24, 2.45) is 0 Å². The molecule has 1 aromatic carbocycles. The van der Waals surface area contributed by atoms with Gasteiger partial charge in [-0.25, -0.2) is 4.98 Å². The zero-order valence-corrected chi connectivity index (χ0v) is 15.6. The van der Waals surface area contributed by atoms with Crippen LogP contribution in [0.3, 0.4) is 0 Å². The average molecular weight is 347 g/mol. The molecule has 0 aliphatic carbocycles. The lowest BCUT2D eigenvalue weighted by atomic mass is 10.1. The fourth-order valence-corrected chi connectivity index (χ4v) is 2.77. The number of aryl methyl sites for hydroxylation is 1. The Morgan fingerprint density at radius 3 is 2.33 bits per heavy atom. The third kappa shape index (κ3) is 5.68. The molecule has 2 aromatic rings. The summed E-state index contributed by atoms with van der Waals surface area (Å²) in [6.07, 6.45) is 3.14. The molecule has 0 aliphatic rings. The van der Waals surface area contributed by atoms with Gasteiger partial charge in [0.05, 0.1) is 0 Å². The summed E-state index contributed by atoms with van der Waals surface area (Å²) in [4.78, 5) is 11.5. The number of hydrogen-bond donors (Lipinski definition) is 1. The first-order valence-electron chi connectivity index (χ1n) is 8.71. The Bertz CT molecular complexity index is 622. The van der Waals surface area contributed by atoms with E-state index in [0.29, 0.717) is 5.95 Å². The van der Waals surface area contributed by atoms with Gasteiger partial charge in [-0.05, 0) is 43.9 Å². The van der Waals surface area contributed by atoms with Crippen molar-refractivity contribution in [1.29, 1.82) is 0 Å². The zero-order valence-electron chi connectivity index (χ0n) is 14.8. The molecule has 0 radical (unpaired) electrons. The Balaban J connectivity index is 2.00. The summed E-state index contributed by atoms with van der Waals surface area (Å²) < 4.78 is 0. The lowest BCUT2D eigenvalue weighted by Gasteiger charge is -2.23. The summed E-state index contributed by atoms with van der Waals surface area (Å²) in [5.74, 6) is 1.72. The second kappa shape index (κ2) is 9.48. The lowest BCUT2D eigenvalue weighted by molar-refractivity contribution is 0.732. The quantitative estimate of drug-likeness (QED) is 0.713. The molecule has 1 heterocycles. The van der Waals surface area contributed by atoms with E-state index in [4.69, 9.17) is 16.6 Å². The molecule has 24 heavy (non-hydrogen) atoms. The molecule has 4 nitrogen and oxygen atoms in total. The van der Waals surface area contributed by atoms with E-state index < -0.39 is 0 Å². The van der Waals surface area contributed by atoms with Crippen molar-refractivity contribution in [3.63, 3.8) is 0 Å². The van der Waals surface area contributed by atoms with Gasteiger partial charge < -0.3 is 10.2 Å². The third-order valence-corrected chi connectivity index (χ3v) is 4.01. The number of nitrogens with one attached hydrogen (secondary N) is 1. The van der Waals surface area contributed by atoms with Crippen LogP contribution >= 0.6 is 11.6 Å². The number of aromatic nitrogens is 2. The number of benzene rings is 1. The second-order valence-corrected chi connectivity index (χ2v) is 6.42. The van der Waals surface area contributed by atoms with Crippen molar-refractivity contribution in [1.82, 2.24) is 9.97 Å². The van der Waals surface area contributed by atoms with Crippen LogP contribution in [0, 0.1) is 6.92 Å². The molecule has 0 amide bonds. The van der Waals surface area contributed by atoms with Crippen LogP contribution in [0.25, 0.3) is 0 Å². The van der Waals surface area contributed by atoms with Gasteiger partial charge in [0.15, 0.2) is 0 Å². The summed E-state index contributed by atoms with van der Waals surface area (Å²) in [6, 6.07) is 10.0. The number of nitrogens with zero attached hydrogens (tertiary/aromatic N) is 3. The van der Waals surface area contributed by atoms with Crippen LogP contribution in [0.4, 0.5) is 11.8 Å². The van der Waals surface area contributed by atoms with Crippen LogP contribution < -0.4 is 10.2 Å². The van der Waals surface area contributed by atoms with E-state index in [0.717, 1.165) is 55.4 Å². The Hall–Kier alpha value is -1.81. The van der Waals surface area contributed by atoms with Gasteiger partial charge in [-0.2, -0.15) is 4.98 Å². The highest BCUT2D eigenvalue weighted by Gasteiger charge is 2.09. The van der Waals surface area contributed by atoms with Crippen molar-refractivity contribution in [3.8, 4) is 0 Å². The molecule has 130 valence electrons. The first-order valence-corrected chi connectivity index (χ1v) is 9.09. The summed E-state index contributed by atoms with van der Waals surface area (Å²) in [5.41, 5.74) is 2.24. The first kappa shape index (κ1) is 18.5. The van der Waals surface area contributed by atoms with Gasteiger partial charge in [-0.3, -0.25) is 0 Å². The van der Waals surface area contributed by atoms with Crippen molar-refractivity contribution in [2.75, 3.05) is 29.9 Å². The number of anilines is 2. The van der Waals surface area contributed by atoms with E-state index in [1.165, 1.54) is 5.56 Å². The molecule has 0 saturated carbocycles. The van der Waals surface area contributed by atoms with Crippen molar-refractivity contribution < 1.29 is 0 Å². The maximum absolute atomic E-state index is 5.92. The third-order valence-electron chi connectivity index (χ3n) is 3.76. The molecule has 0 atom stereocenters. The van der Waals surface area contributed by atoms with Crippen molar-refractivity contribution in [2.45, 2.75) is 40.0 Å². The van der Waals surface area contributed by atoms with Gasteiger partial charge in [0.25, 0.3) is 0 Å². The summed E-state index contributed by atoms with van der Waals surface area (Å²) in [6.45, 7) is 9.25. The minimum atomic E-state index is 0.705. The predicted molar refractivity (Wildman–Crippen MR) is 103 cm³/mol. The Morgan fingerprint density at radius 1 is 1.04 bits per heavy atom. The molecule has 0 unspecified atom stereocenters. The minimum Gasteiger partial charge on any atom is -0.356 e. The predicted octanol–water partition coefficient (Wildman–Crippen LogP) is 4.72. The maximum Gasteiger partial charge on any atom is 0.224 e. The van der Waals surface area contributed by atoms with Crippen LogP contribution in [0.1, 0.15) is 37.9 Å². The summed E-state index contributed by atoms with van der Waals surface area (Å²) in [5, 5.41) is 4.11. The molecule has 0 spiro atoms. The lowest BCUT2D eigenvalue weighted by Crippen LogP contribution is -2.26. The van der Waals surface area contributed by atoms with Crippen LogP contribution in [0.5, 0.6) is 0 Å². The Morgan fingerprint density at radius 2 is 1.71 bits per heavy atom. The largest absolute Gasteiger partial charge is 0.356 e. The number of hydrogen-bond acceptors (Lipinski definition) is 4. The van der Waals surface area contributed by atoms with E-state index in [2.05, 4.69) is 47.2 Å². The molecule has 5 heteroatoms. The van der Waals surface area contributed by atoms with Gasteiger partial charge in [0.2, 0.25) is 5.95 Å². The van der Waals surface area contributed by atoms with Crippen LogP contribution in [0.15, 0.2) is 30.3 Å². The topological polar surface area (TPSA) is 41.1 Å². The fraction of sp³-hybridized carbons (Fsp3) is 0.474. The number of rotatable bonds is 9. The molecule has 0 saturated heterocycles. The van der Waals surface area contributed by atoms with E-state index >= 15 is 0 Å². The maximum atomic E-state index is 5.92. The first-order chi connectivity index (χ1) is 11.6. The fourth-order valence-electron chi connectivity index (χ4n) is 2.64. The highest BCUT2D eigenvalue weighted by molar-refractivity contribution is 6.30. The highest BCUT2D eigenvalue weighted by Crippen LogP contribution is 2.16. The zero-order chi connectivity index (χ0) is 17.4. The molecule has 0 aliphatic heterocycles. The molecular weight excluding hydrogens is 320 g/mol. The monoisotopic (exact) mass is 346 g/mol. The van der Waals surface area contributed by atoms with Crippen LogP contribution in [0.2, 0.25) is 5.02 Å². The molecular formula is C19H27ClN4. The standard InChI is InChI=1S/C19H27ClN4/c1-4-12-24(13-5-2)18-14-15(3)22-19(23-18)21-11-10-16-6-8-17(20)9-7-16/h6-9,14H,4-5,10-13H2,1-3H3,(H,21,22,23). The average Bonchev–Trinajstić information content (AvgIpc) is 2.56. The molecule has 2 rings (SSSR count). The Labute approximate surface area is 150 Å². The molecule has 0 bridgehead atoms.